The van der Waals surface area contributed by atoms with Gasteiger partial charge in [-0.1, -0.05) is 0 Å². The molecule has 0 aromatic heterocycles. The SMILES string of the molecule is CCC[CH2][Sn]([CH2]CCC)([CH2]CCC)[C](=CCO[Si](C)(C)C(C)(C)C)[Sn]([CH2]CCC)([CH2]CCC)[CH2]CCC. The molecule has 0 bridgehead atoms. The summed E-state index contributed by atoms with van der Waals surface area (Å²) >= 11 is -5.07. The van der Waals surface area contributed by atoms with Crippen LogP contribution in [0.5, 0.6) is 0 Å². The fourth-order valence-corrected chi connectivity index (χ4v) is 75.7. The van der Waals surface area contributed by atoms with Crippen LogP contribution < -0.4 is 0 Å². The summed E-state index contributed by atoms with van der Waals surface area (Å²) in [6, 6.07) is 0. The molecular formula is C33H72OSiSn2. The molecule has 0 fully saturated rings. The summed E-state index contributed by atoms with van der Waals surface area (Å²) in [6.07, 6.45) is 20.1. The molecule has 0 aliphatic heterocycles. The van der Waals surface area contributed by atoms with Crippen molar-refractivity contribution in [2.75, 3.05) is 6.61 Å². The third kappa shape index (κ3) is 13.4. The van der Waals surface area contributed by atoms with Crippen LogP contribution in [0, 0.1) is 0 Å². The Kier molecular flexibility index (Phi) is 21.2. The molecule has 0 aliphatic rings. The molecule has 0 unspecified atom stereocenters. The van der Waals surface area contributed by atoms with E-state index in [1.54, 1.807) is 26.6 Å². The molecule has 0 saturated carbocycles. The second-order valence-electron chi connectivity index (χ2n) is 13.9. The predicted octanol–water partition coefficient (Wildman–Crippen LogP) is 12.7. The molecule has 4 heteroatoms. The van der Waals surface area contributed by atoms with E-state index in [2.05, 4.69) is 83.1 Å². The van der Waals surface area contributed by atoms with Crippen molar-refractivity contribution >= 4 is 45.1 Å². The average molecular weight is 750 g/mol. The van der Waals surface area contributed by atoms with E-state index in [1.807, 2.05) is 0 Å². The van der Waals surface area contributed by atoms with E-state index in [9.17, 15) is 0 Å². The zero-order valence-electron chi connectivity index (χ0n) is 27.9. The molecule has 0 rings (SSSR count). The van der Waals surface area contributed by atoms with Crippen LogP contribution in [-0.4, -0.2) is 51.7 Å². The van der Waals surface area contributed by atoms with E-state index in [1.165, 1.54) is 77.0 Å². The Balaban J connectivity index is 7.03. The summed E-state index contributed by atoms with van der Waals surface area (Å²) in [4.78, 5) is 0. The summed E-state index contributed by atoms with van der Waals surface area (Å²) in [6.45, 7) is 27.8. The van der Waals surface area contributed by atoms with Crippen LogP contribution in [0.15, 0.2) is 7.68 Å². The fourth-order valence-electron chi connectivity index (χ4n) is 6.19. The van der Waals surface area contributed by atoms with Crippen molar-refractivity contribution in [3.63, 3.8) is 0 Å². The van der Waals surface area contributed by atoms with Gasteiger partial charge < -0.3 is 0 Å². The van der Waals surface area contributed by atoms with Gasteiger partial charge in [0, 0.05) is 0 Å². The molecule has 0 aromatic rings. The molecule has 0 amide bonds. The number of rotatable bonds is 23. The van der Waals surface area contributed by atoms with Gasteiger partial charge in [-0.25, -0.2) is 0 Å². The van der Waals surface area contributed by atoms with Crippen LogP contribution in [0.25, 0.3) is 0 Å². The van der Waals surface area contributed by atoms with Crippen molar-refractivity contribution in [1.82, 2.24) is 0 Å². The van der Waals surface area contributed by atoms with Gasteiger partial charge in [0.1, 0.15) is 0 Å². The monoisotopic (exact) mass is 752 g/mol. The van der Waals surface area contributed by atoms with Gasteiger partial charge in [-0.2, -0.15) is 0 Å². The van der Waals surface area contributed by atoms with E-state index in [-0.39, 0.29) is 0 Å². The molecule has 37 heavy (non-hydrogen) atoms. The van der Waals surface area contributed by atoms with Gasteiger partial charge in [0.05, 0.1) is 0 Å². The van der Waals surface area contributed by atoms with E-state index < -0.39 is 45.1 Å². The first-order chi connectivity index (χ1) is 17.5. The van der Waals surface area contributed by atoms with Gasteiger partial charge in [0.15, 0.2) is 0 Å². The molecule has 222 valence electrons. The maximum absolute atomic E-state index is 6.97. The van der Waals surface area contributed by atoms with Crippen molar-refractivity contribution < 1.29 is 4.43 Å². The summed E-state index contributed by atoms with van der Waals surface area (Å²) in [7, 11) is -1.74. The fraction of sp³-hybridized carbons (Fsp3) is 0.939. The van der Waals surface area contributed by atoms with Crippen molar-refractivity contribution in [2.45, 2.75) is 184 Å². The third-order valence-electron chi connectivity index (χ3n) is 9.73. The summed E-state index contributed by atoms with van der Waals surface area (Å²) in [5.74, 6) is 0. The molecular weight excluding hydrogens is 678 g/mol. The zero-order valence-corrected chi connectivity index (χ0v) is 34.6. The molecule has 0 radical (unpaired) electrons. The quantitative estimate of drug-likeness (QED) is 0.0945. The van der Waals surface area contributed by atoms with Crippen molar-refractivity contribution in [3.8, 4) is 0 Å². The van der Waals surface area contributed by atoms with E-state index in [0.29, 0.717) is 5.04 Å². The molecule has 0 N–H and O–H groups in total. The van der Waals surface area contributed by atoms with Gasteiger partial charge in [0.2, 0.25) is 0 Å². The zero-order chi connectivity index (χ0) is 28.4. The molecule has 0 aromatic carbocycles. The number of hydrogen-bond donors (Lipinski definition) is 0. The number of hydrogen-bond acceptors (Lipinski definition) is 1. The summed E-state index contributed by atoms with van der Waals surface area (Å²) in [5, 5.41) is 0.293. The second kappa shape index (κ2) is 20.4. The van der Waals surface area contributed by atoms with Gasteiger partial charge >= 0.3 is 248 Å². The van der Waals surface area contributed by atoms with Crippen LogP contribution in [0.1, 0.15) is 139 Å². The minimum absolute atomic E-state index is 0.293. The molecule has 0 atom stereocenters. The molecule has 0 aliphatic carbocycles. The molecule has 1 nitrogen and oxygen atoms in total. The van der Waals surface area contributed by atoms with Crippen molar-refractivity contribution in [1.29, 1.82) is 0 Å². The summed E-state index contributed by atoms with van der Waals surface area (Å²) < 4.78 is 19.1. The molecule has 0 heterocycles. The Bertz CT molecular complexity index is 516. The van der Waals surface area contributed by atoms with Gasteiger partial charge in [-0.3, -0.25) is 0 Å². The Labute approximate surface area is 246 Å². The minimum atomic E-state index is -2.54. The van der Waals surface area contributed by atoms with Crippen LogP contribution in [0.3, 0.4) is 0 Å². The Morgan fingerprint density at radius 1 is 0.568 bits per heavy atom. The van der Waals surface area contributed by atoms with Crippen LogP contribution in [0.4, 0.5) is 0 Å². The Morgan fingerprint density at radius 2 is 0.838 bits per heavy atom. The first kappa shape index (κ1) is 38.5. The van der Waals surface area contributed by atoms with Crippen molar-refractivity contribution in [3.05, 3.63) is 7.68 Å². The topological polar surface area (TPSA) is 9.23 Å². The van der Waals surface area contributed by atoms with Crippen molar-refractivity contribution in [2.24, 2.45) is 0 Å². The molecule has 0 spiro atoms. The predicted molar refractivity (Wildman–Crippen MR) is 181 cm³/mol. The van der Waals surface area contributed by atoms with Crippen LogP contribution in [-0.2, 0) is 4.43 Å². The average Bonchev–Trinajstić information content (AvgIpc) is 2.86. The molecule has 0 saturated heterocycles. The number of unbranched alkanes of at least 4 members (excludes halogenated alkanes) is 6. The second-order valence-corrected chi connectivity index (χ2v) is 49.0. The van der Waals surface area contributed by atoms with E-state index in [0.717, 1.165) is 6.61 Å². The van der Waals surface area contributed by atoms with Gasteiger partial charge in [-0.15, -0.1) is 0 Å². The van der Waals surface area contributed by atoms with Gasteiger partial charge in [0.25, 0.3) is 0 Å². The Morgan fingerprint density at radius 3 is 1.05 bits per heavy atom. The van der Waals surface area contributed by atoms with E-state index in [4.69, 9.17) is 4.43 Å². The van der Waals surface area contributed by atoms with E-state index >= 15 is 0 Å². The Hall–Kier alpha value is 1.51. The third-order valence-corrected chi connectivity index (χ3v) is 64.7. The summed E-state index contributed by atoms with van der Waals surface area (Å²) in [5.41, 5.74) is 0. The van der Waals surface area contributed by atoms with Gasteiger partial charge in [-0.05, 0) is 0 Å². The van der Waals surface area contributed by atoms with Crippen LogP contribution in [0.2, 0.25) is 44.8 Å². The first-order valence-corrected chi connectivity index (χ1v) is 34.7. The first-order valence-electron chi connectivity index (χ1n) is 16.8. The normalized spacial score (nSPS) is 13.3. The maximum atomic E-state index is 6.97. The van der Waals surface area contributed by atoms with Crippen LogP contribution >= 0.6 is 0 Å². The standard InChI is InChI=1S/C9H18OSi.6C4H9.2Sn/c1-7-8-10-11(5,6)9(2,3)4;6*1-3-4-2;;/h7H,8H2,2-6H3;6*1,3-4H2,2H3;;.